The normalized spacial score (nSPS) is 18.5. The maximum atomic E-state index is 12.4. The van der Waals surface area contributed by atoms with Crippen molar-refractivity contribution in [1.82, 2.24) is 25.5 Å². The molecule has 2 heterocycles. The molecule has 3 aromatic rings. The summed E-state index contributed by atoms with van der Waals surface area (Å²) < 4.78 is 1.80. The highest BCUT2D eigenvalue weighted by Gasteiger charge is 2.24. The number of carbonyl (C=O) groups is 1. The molecule has 1 aliphatic heterocycles. The van der Waals surface area contributed by atoms with Gasteiger partial charge in [-0.2, -0.15) is 5.10 Å². The minimum absolute atomic E-state index is 0.00660. The first-order chi connectivity index (χ1) is 15.2. The zero-order valence-electron chi connectivity index (χ0n) is 17.8. The maximum absolute atomic E-state index is 12.4. The summed E-state index contributed by atoms with van der Waals surface area (Å²) in [4.78, 5) is 14.2. The first-order valence-electron chi connectivity index (χ1n) is 10.8. The first-order valence-corrected chi connectivity index (χ1v) is 10.8. The van der Waals surface area contributed by atoms with Crippen LogP contribution in [0.3, 0.4) is 0 Å². The van der Waals surface area contributed by atoms with Crippen molar-refractivity contribution in [2.75, 3.05) is 13.6 Å². The number of para-hydroxylation sites is 1. The molecule has 1 aliphatic rings. The summed E-state index contributed by atoms with van der Waals surface area (Å²) in [7, 11) is 1.85. The number of amides is 1. The minimum atomic E-state index is 0.00660. The van der Waals surface area contributed by atoms with Crippen LogP contribution in [0.1, 0.15) is 36.4 Å². The highest BCUT2D eigenvalue weighted by atomic mass is 16.2. The van der Waals surface area contributed by atoms with Gasteiger partial charge in [0, 0.05) is 43.5 Å². The number of hydrogen-bond acceptors (Lipinski definition) is 4. The molecule has 1 saturated heterocycles. The van der Waals surface area contributed by atoms with Crippen molar-refractivity contribution in [2.24, 2.45) is 0 Å². The Morgan fingerprint density at radius 1 is 1.13 bits per heavy atom. The lowest BCUT2D eigenvalue weighted by Crippen LogP contribution is -2.32. The summed E-state index contributed by atoms with van der Waals surface area (Å²) >= 11 is 0. The van der Waals surface area contributed by atoms with Crippen LogP contribution >= 0.6 is 0 Å². The quantitative estimate of drug-likeness (QED) is 0.551. The summed E-state index contributed by atoms with van der Waals surface area (Å²) in [6.07, 6.45) is 10.2. The van der Waals surface area contributed by atoms with E-state index in [0.29, 0.717) is 12.1 Å². The number of benzene rings is 2. The summed E-state index contributed by atoms with van der Waals surface area (Å²) in [6, 6.07) is 21.2. The van der Waals surface area contributed by atoms with Crippen LogP contribution in [-0.2, 0) is 4.79 Å². The standard InChI is InChI=1S/C25H29N5O/c1-29(16-8-11-22-17-24(28-27-22)21-9-4-2-5-10-21)25(31)15-14-20-18-26-30(19-20)23-12-6-3-7-13-23/h2-7,9-10,12-15,18-19,22,24,27-28H,8,11,16-17H2,1H3/b15-14+. The second-order valence-corrected chi connectivity index (χ2v) is 7.97. The van der Waals surface area contributed by atoms with Crippen LogP contribution in [-0.4, -0.2) is 40.2 Å². The molecule has 1 fully saturated rings. The molecular formula is C25H29N5O. The van der Waals surface area contributed by atoms with Crippen LogP contribution in [0.5, 0.6) is 0 Å². The summed E-state index contributed by atoms with van der Waals surface area (Å²) in [5, 5.41) is 4.36. The Morgan fingerprint density at radius 3 is 2.65 bits per heavy atom. The van der Waals surface area contributed by atoms with Crippen molar-refractivity contribution < 1.29 is 4.79 Å². The van der Waals surface area contributed by atoms with Crippen LogP contribution < -0.4 is 10.9 Å². The number of nitrogens with one attached hydrogen (secondary N) is 2. The highest BCUT2D eigenvalue weighted by Crippen LogP contribution is 2.23. The maximum Gasteiger partial charge on any atom is 0.246 e. The molecule has 6 heteroatoms. The van der Waals surface area contributed by atoms with Crippen molar-refractivity contribution in [3.05, 3.63) is 90.3 Å². The molecule has 31 heavy (non-hydrogen) atoms. The molecule has 160 valence electrons. The van der Waals surface area contributed by atoms with Gasteiger partial charge in [0.25, 0.3) is 0 Å². The number of aromatic nitrogens is 2. The van der Waals surface area contributed by atoms with Gasteiger partial charge in [0.2, 0.25) is 5.91 Å². The van der Waals surface area contributed by atoms with Crippen molar-refractivity contribution >= 4 is 12.0 Å². The second kappa shape index (κ2) is 10.2. The Kier molecular flexibility index (Phi) is 6.92. The number of hydrazine groups is 1. The molecule has 2 N–H and O–H groups in total. The average Bonchev–Trinajstić information content (AvgIpc) is 3.48. The van der Waals surface area contributed by atoms with Gasteiger partial charge in [0.1, 0.15) is 0 Å². The van der Waals surface area contributed by atoms with E-state index in [4.69, 9.17) is 0 Å². The van der Waals surface area contributed by atoms with E-state index < -0.39 is 0 Å². The third-order valence-electron chi connectivity index (χ3n) is 5.65. The Morgan fingerprint density at radius 2 is 1.87 bits per heavy atom. The molecule has 1 amide bonds. The Bertz CT molecular complexity index is 999. The lowest BCUT2D eigenvalue weighted by molar-refractivity contribution is -0.124. The van der Waals surface area contributed by atoms with E-state index in [-0.39, 0.29) is 5.91 Å². The summed E-state index contributed by atoms with van der Waals surface area (Å²) in [5.41, 5.74) is 9.99. The molecule has 0 radical (unpaired) electrons. The fourth-order valence-electron chi connectivity index (χ4n) is 3.84. The van der Waals surface area contributed by atoms with Gasteiger partial charge >= 0.3 is 0 Å². The van der Waals surface area contributed by atoms with E-state index >= 15 is 0 Å². The number of carbonyl (C=O) groups excluding carboxylic acids is 1. The zero-order valence-corrected chi connectivity index (χ0v) is 17.8. The third-order valence-corrected chi connectivity index (χ3v) is 5.65. The Labute approximate surface area is 183 Å². The monoisotopic (exact) mass is 415 g/mol. The highest BCUT2D eigenvalue weighted by molar-refractivity contribution is 5.91. The smallest absolute Gasteiger partial charge is 0.246 e. The van der Waals surface area contributed by atoms with Crippen LogP contribution in [0.15, 0.2) is 79.1 Å². The largest absolute Gasteiger partial charge is 0.342 e. The summed E-state index contributed by atoms with van der Waals surface area (Å²) in [6.45, 7) is 0.737. The number of rotatable bonds is 8. The Balaban J connectivity index is 1.20. The topological polar surface area (TPSA) is 62.2 Å². The van der Waals surface area contributed by atoms with Crippen LogP contribution in [0.4, 0.5) is 0 Å². The van der Waals surface area contributed by atoms with Gasteiger partial charge in [0.05, 0.1) is 11.9 Å². The average molecular weight is 416 g/mol. The van der Waals surface area contributed by atoms with Gasteiger partial charge in [0.15, 0.2) is 0 Å². The van der Waals surface area contributed by atoms with Gasteiger partial charge in [-0.15, -0.1) is 0 Å². The van der Waals surface area contributed by atoms with Gasteiger partial charge in [-0.3, -0.25) is 15.6 Å². The number of hydrogen-bond donors (Lipinski definition) is 2. The van der Waals surface area contributed by atoms with Gasteiger partial charge < -0.3 is 4.90 Å². The van der Waals surface area contributed by atoms with Crippen LogP contribution in [0.2, 0.25) is 0 Å². The molecule has 0 bridgehead atoms. The molecule has 6 nitrogen and oxygen atoms in total. The van der Waals surface area contributed by atoms with E-state index in [9.17, 15) is 4.79 Å². The predicted molar refractivity (Wildman–Crippen MR) is 123 cm³/mol. The van der Waals surface area contributed by atoms with Crippen LogP contribution in [0, 0.1) is 0 Å². The lowest BCUT2D eigenvalue weighted by atomic mass is 10.00. The van der Waals surface area contributed by atoms with Crippen LogP contribution in [0.25, 0.3) is 11.8 Å². The van der Waals surface area contributed by atoms with Crippen molar-refractivity contribution in [2.45, 2.75) is 31.3 Å². The summed E-state index contributed by atoms with van der Waals surface area (Å²) in [5.74, 6) is 0.00660. The number of nitrogens with zero attached hydrogens (tertiary/aromatic N) is 3. The van der Waals surface area contributed by atoms with Gasteiger partial charge in [-0.05, 0) is 43.0 Å². The molecular weight excluding hydrogens is 386 g/mol. The third kappa shape index (κ3) is 5.69. The van der Waals surface area contributed by atoms with E-state index in [1.807, 2.05) is 55.7 Å². The molecule has 0 aliphatic carbocycles. The molecule has 0 spiro atoms. The molecule has 2 unspecified atom stereocenters. The van der Waals surface area contributed by atoms with Gasteiger partial charge in [-0.25, -0.2) is 4.68 Å². The molecule has 1 aromatic heterocycles. The van der Waals surface area contributed by atoms with Crippen molar-refractivity contribution in [3.8, 4) is 5.69 Å². The SMILES string of the molecule is CN(CCCC1CC(c2ccccc2)NN1)C(=O)/C=C/c1cnn(-c2ccccc2)c1. The van der Waals surface area contributed by atoms with E-state index in [1.165, 1.54) is 5.56 Å². The van der Waals surface area contributed by atoms with Crippen molar-refractivity contribution in [3.63, 3.8) is 0 Å². The first kappa shape index (κ1) is 21.0. The number of likely N-dealkylation sites (N-methyl/N-ethyl adjacent to an activating group) is 1. The predicted octanol–water partition coefficient (Wildman–Crippen LogP) is 3.73. The minimum Gasteiger partial charge on any atom is -0.342 e. The van der Waals surface area contributed by atoms with Crippen molar-refractivity contribution in [1.29, 1.82) is 0 Å². The Hall–Kier alpha value is -3.22. The second-order valence-electron chi connectivity index (χ2n) is 7.97. The van der Waals surface area contributed by atoms with E-state index in [1.54, 1.807) is 21.9 Å². The zero-order chi connectivity index (χ0) is 21.5. The molecule has 4 rings (SSSR count). The fraction of sp³-hybridized carbons (Fsp3) is 0.280. The fourth-order valence-corrected chi connectivity index (χ4v) is 3.84. The molecule has 0 saturated carbocycles. The van der Waals surface area contributed by atoms with Gasteiger partial charge in [-0.1, -0.05) is 48.5 Å². The molecule has 2 aromatic carbocycles. The lowest BCUT2D eigenvalue weighted by Gasteiger charge is -2.16. The molecule has 2 atom stereocenters. The van der Waals surface area contributed by atoms with E-state index in [0.717, 1.165) is 37.1 Å². The van der Waals surface area contributed by atoms with E-state index in [2.05, 4.69) is 40.2 Å².